The molecule has 0 aromatic heterocycles. The van der Waals surface area contributed by atoms with E-state index in [1.165, 1.54) is 31.4 Å². The lowest BCUT2D eigenvalue weighted by Crippen LogP contribution is -2.35. The van der Waals surface area contributed by atoms with Gasteiger partial charge in [0.05, 0.1) is 0 Å². The maximum atomic E-state index is 9.43. The molecule has 2 aliphatic carbocycles. The average molecular weight is 231 g/mol. The van der Waals surface area contributed by atoms with Crippen molar-refractivity contribution in [2.45, 2.75) is 32.1 Å². The molecule has 1 aliphatic heterocycles. The van der Waals surface area contributed by atoms with Gasteiger partial charge in [0.1, 0.15) is 0 Å². The third-order valence-corrected chi connectivity index (χ3v) is 4.89. The molecule has 3 aliphatic rings. The molecule has 0 aromatic carbocycles. The van der Waals surface area contributed by atoms with Crippen molar-refractivity contribution in [3.63, 3.8) is 0 Å². The lowest BCUT2D eigenvalue weighted by atomic mass is 9.68. The van der Waals surface area contributed by atoms with Crippen LogP contribution in [0.2, 0.25) is 0 Å². The summed E-state index contributed by atoms with van der Waals surface area (Å²) in [5.41, 5.74) is 1.54. The van der Waals surface area contributed by atoms with Crippen molar-refractivity contribution < 1.29 is 5.11 Å². The van der Waals surface area contributed by atoms with Gasteiger partial charge in [-0.05, 0) is 49.7 Å². The molecule has 2 heteroatoms. The Balaban J connectivity index is 1.92. The Kier molecular flexibility index (Phi) is 2.83. The summed E-state index contributed by atoms with van der Waals surface area (Å²) in [7, 11) is 0. The normalized spacial score (nSPS) is 39.0. The Morgan fingerprint density at radius 2 is 2.24 bits per heavy atom. The molecular weight excluding hydrogens is 210 g/mol. The Morgan fingerprint density at radius 3 is 2.94 bits per heavy atom. The minimum absolute atomic E-state index is 0.219. The molecule has 2 saturated carbocycles. The van der Waals surface area contributed by atoms with E-state index in [1.807, 2.05) is 12.3 Å². The lowest BCUT2D eigenvalue weighted by molar-refractivity contribution is 0.141. The molecule has 17 heavy (non-hydrogen) atoms. The topological polar surface area (TPSA) is 32.3 Å². The van der Waals surface area contributed by atoms with E-state index in [0.717, 1.165) is 18.3 Å². The van der Waals surface area contributed by atoms with Gasteiger partial charge in [-0.2, -0.15) is 0 Å². The summed E-state index contributed by atoms with van der Waals surface area (Å²) >= 11 is 0. The van der Waals surface area contributed by atoms with Crippen molar-refractivity contribution in [3.05, 3.63) is 36.2 Å². The molecule has 2 fully saturated rings. The Labute approximate surface area is 103 Å². The quantitative estimate of drug-likeness (QED) is 0.782. The summed E-state index contributed by atoms with van der Waals surface area (Å²) in [6.07, 6.45) is 16.7. The van der Waals surface area contributed by atoms with E-state index in [9.17, 15) is 5.11 Å². The van der Waals surface area contributed by atoms with Gasteiger partial charge in [0.25, 0.3) is 0 Å². The maximum Gasteiger partial charge on any atom is 0.0440 e. The van der Waals surface area contributed by atoms with E-state index >= 15 is 0 Å². The molecule has 3 rings (SSSR count). The summed E-state index contributed by atoms with van der Waals surface area (Å²) < 4.78 is 0. The first kappa shape index (κ1) is 11.1. The van der Waals surface area contributed by atoms with Crippen LogP contribution in [-0.2, 0) is 0 Å². The van der Waals surface area contributed by atoms with Crippen LogP contribution in [0.1, 0.15) is 32.1 Å². The molecule has 92 valence electrons. The van der Waals surface area contributed by atoms with E-state index < -0.39 is 0 Å². The third-order valence-electron chi connectivity index (χ3n) is 4.89. The predicted molar refractivity (Wildman–Crippen MR) is 69.1 cm³/mol. The molecule has 3 atom stereocenters. The summed E-state index contributed by atoms with van der Waals surface area (Å²) in [6.45, 7) is 0.301. The second-order valence-electron chi connectivity index (χ2n) is 5.68. The van der Waals surface area contributed by atoms with Crippen molar-refractivity contribution in [3.8, 4) is 0 Å². The van der Waals surface area contributed by atoms with E-state index in [-0.39, 0.29) is 5.41 Å². The number of rotatable bonds is 3. The summed E-state index contributed by atoms with van der Waals surface area (Å²) in [4.78, 5) is 0. The molecule has 1 heterocycles. The Hall–Kier alpha value is -1.02. The molecule has 2 N–H and O–H groups in total. The smallest absolute Gasteiger partial charge is 0.0440 e. The highest BCUT2D eigenvalue weighted by Gasteiger charge is 2.52. The average Bonchev–Trinajstić information content (AvgIpc) is 2.81. The van der Waals surface area contributed by atoms with Crippen LogP contribution < -0.4 is 5.32 Å². The van der Waals surface area contributed by atoms with Gasteiger partial charge in [0, 0.05) is 23.9 Å². The summed E-state index contributed by atoms with van der Waals surface area (Å²) in [5, 5.41) is 12.9. The molecular formula is C15H21NO. The number of nitrogens with one attached hydrogen (secondary N) is 1. The number of aliphatic hydroxyl groups excluding tert-OH is 1. The number of hydrogen-bond donors (Lipinski definition) is 2. The first-order valence-corrected chi connectivity index (χ1v) is 6.76. The molecule has 3 unspecified atom stereocenters. The van der Waals surface area contributed by atoms with Crippen molar-refractivity contribution in [1.29, 1.82) is 0 Å². The van der Waals surface area contributed by atoms with Crippen molar-refractivity contribution in [2.75, 3.05) is 6.61 Å². The molecule has 0 amide bonds. The fourth-order valence-corrected chi connectivity index (χ4v) is 4.18. The van der Waals surface area contributed by atoms with Crippen LogP contribution in [0.5, 0.6) is 0 Å². The molecule has 0 spiro atoms. The van der Waals surface area contributed by atoms with Crippen LogP contribution in [0.25, 0.3) is 0 Å². The van der Waals surface area contributed by atoms with E-state index in [0.29, 0.717) is 6.61 Å². The molecule has 2 bridgehead atoms. The first-order chi connectivity index (χ1) is 8.35. The van der Waals surface area contributed by atoms with Gasteiger partial charge in [-0.1, -0.05) is 18.6 Å². The SMILES string of the molecule is OCCC1(C2=CC=CC=CN2)CC2CCC1C2. The van der Waals surface area contributed by atoms with Crippen LogP contribution in [0.15, 0.2) is 36.2 Å². The van der Waals surface area contributed by atoms with Gasteiger partial charge >= 0.3 is 0 Å². The van der Waals surface area contributed by atoms with E-state index in [2.05, 4.69) is 23.5 Å². The predicted octanol–water partition coefficient (Wildman–Crippen LogP) is 2.73. The zero-order valence-electron chi connectivity index (χ0n) is 10.2. The van der Waals surface area contributed by atoms with E-state index in [1.54, 1.807) is 0 Å². The third kappa shape index (κ3) is 1.75. The first-order valence-electron chi connectivity index (χ1n) is 6.76. The van der Waals surface area contributed by atoms with E-state index in [4.69, 9.17) is 0 Å². The van der Waals surface area contributed by atoms with Crippen LogP contribution in [0.4, 0.5) is 0 Å². The number of allylic oxidation sites excluding steroid dienone is 5. The molecule has 0 aromatic rings. The lowest BCUT2D eigenvalue weighted by Gasteiger charge is -2.39. The summed E-state index contributed by atoms with van der Waals surface area (Å²) in [5.74, 6) is 1.67. The summed E-state index contributed by atoms with van der Waals surface area (Å²) in [6, 6.07) is 0. The van der Waals surface area contributed by atoms with Crippen LogP contribution in [0.3, 0.4) is 0 Å². The zero-order valence-corrected chi connectivity index (χ0v) is 10.2. The van der Waals surface area contributed by atoms with Crippen LogP contribution >= 0.6 is 0 Å². The number of aliphatic hydroxyl groups is 1. The van der Waals surface area contributed by atoms with Gasteiger partial charge in [-0.3, -0.25) is 0 Å². The van der Waals surface area contributed by atoms with Gasteiger partial charge in [-0.25, -0.2) is 0 Å². The minimum atomic E-state index is 0.219. The number of fused-ring (bicyclic) bond motifs is 2. The molecule has 0 saturated heterocycles. The Bertz CT molecular complexity index is 382. The second kappa shape index (κ2) is 4.34. The second-order valence-corrected chi connectivity index (χ2v) is 5.68. The molecule has 0 radical (unpaired) electrons. The number of hydrogen-bond acceptors (Lipinski definition) is 2. The van der Waals surface area contributed by atoms with Gasteiger partial charge in [0.15, 0.2) is 0 Å². The fraction of sp³-hybridized carbons (Fsp3) is 0.600. The van der Waals surface area contributed by atoms with Crippen molar-refractivity contribution in [2.24, 2.45) is 17.3 Å². The zero-order chi connectivity index (χ0) is 11.7. The fourth-order valence-electron chi connectivity index (χ4n) is 4.18. The maximum absolute atomic E-state index is 9.43. The largest absolute Gasteiger partial charge is 0.396 e. The molecule has 2 nitrogen and oxygen atoms in total. The monoisotopic (exact) mass is 231 g/mol. The highest BCUT2D eigenvalue weighted by atomic mass is 16.3. The highest BCUT2D eigenvalue weighted by molar-refractivity contribution is 5.29. The minimum Gasteiger partial charge on any atom is -0.396 e. The standard InChI is InChI=1S/C15H21NO/c17-9-7-15(11-12-5-6-13(15)10-12)14-4-2-1-3-8-16-14/h1-4,8,12-13,16-17H,5-7,9-11H2. The van der Waals surface area contributed by atoms with Crippen molar-refractivity contribution >= 4 is 0 Å². The van der Waals surface area contributed by atoms with Gasteiger partial charge < -0.3 is 10.4 Å². The van der Waals surface area contributed by atoms with Gasteiger partial charge in [0.2, 0.25) is 0 Å². The van der Waals surface area contributed by atoms with Crippen LogP contribution in [-0.4, -0.2) is 11.7 Å². The van der Waals surface area contributed by atoms with Crippen molar-refractivity contribution in [1.82, 2.24) is 5.32 Å². The van der Waals surface area contributed by atoms with Crippen LogP contribution in [0, 0.1) is 17.3 Å². The van der Waals surface area contributed by atoms with Gasteiger partial charge in [-0.15, -0.1) is 0 Å². The Morgan fingerprint density at radius 1 is 1.29 bits per heavy atom. The highest BCUT2D eigenvalue weighted by Crippen LogP contribution is 2.60.